The molecule has 0 radical (unpaired) electrons. The fraction of sp³-hybridized carbons (Fsp3) is 0.538. The van der Waals surface area contributed by atoms with Crippen molar-refractivity contribution in [2.75, 3.05) is 20.2 Å². The number of carbonyl (C=O) groups excluding carboxylic acids is 2. The van der Waals surface area contributed by atoms with Crippen LogP contribution < -0.4 is 0 Å². The van der Waals surface area contributed by atoms with E-state index in [4.69, 9.17) is 9.57 Å². The van der Waals surface area contributed by atoms with Crippen molar-refractivity contribution in [2.45, 2.75) is 50.7 Å². The second-order valence-corrected chi connectivity index (χ2v) is 11.1. The molecule has 34 heavy (non-hydrogen) atoms. The quantitative estimate of drug-likeness (QED) is 0.595. The zero-order chi connectivity index (χ0) is 23.6. The van der Waals surface area contributed by atoms with Crippen molar-refractivity contribution in [3.8, 4) is 0 Å². The minimum absolute atomic E-state index is 0.0308. The summed E-state index contributed by atoms with van der Waals surface area (Å²) in [5.74, 6) is 1.09. The molecular formula is C26H29BrN2O5. The smallest absolute Gasteiger partial charge is 0.261 e. The Morgan fingerprint density at radius 1 is 1.21 bits per heavy atom. The molecule has 1 spiro atoms. The van der Waals surface area contributed by atoms with Crippen LogP contribution >= 0.6 is 15.9 Å². The van der Waals surface area contributed by atoms with Crippen LogP contribution in [0.4, 0.5) is 0 Å². The van der Waals surface area contributed by atoms with Crippen LogP contribution in [-0.2, 0) is 9.57 Å². The molecule has 3 heterocycles. The number of hydroxylamine groups is 2. The van der Waals surface area contributed by atoms with Crippen molar-refractivity contribution in [1.29, 1.82) is 0 Å². The van der Waals surface area contributed by atoms with Gasteiger partial charge in [0.1, 0.15) is 6.10 Å². The lowest BCUT2D eigenvalue weighted by Gasteiger charge is -2.44. The Balaban J connectivity index is 1.27. The molecule has 7 nitrogen and oxygen atoms in total. The van der Waals surface area contributed by atoms with Gasteiger partial charge < -0.3 is 9.84 Å². The van der Waals surface area contributed by atoms with Crippen LogP contribution in [-0.4, -0.2) is 59.3 Å². The first-order chi connectivity index (χ1) is 16.4. The van der Waals surface area contributed by atoms with Crippen molar-refractivity contribution in [2.24, 2.45) is 17.3 Å². The Labute approximate surface area is 207 Å². The fourth-order valence-corrected chi connectivity index (χ4v) is 7.79. The average molecular weight is 529 g/mol. The predicted octanol–water partition coefficient (Wildman–Crippen LogP) is 4.00. The van der Waals surface area contributed by atoms with Gasteiger partial charge in [-0.05, 0) is 55.7 Å². The van der Waals surface area contributed by atoms with Crippen molar-refractivity contribution >= 4 is 27.7 Å². The van der Waals surface area contributed by atoms with E-state index in [9.17, 15) is 14.7 Å². The highest BCUT2D eigenvalue weighted by Gasteiger charge is 2.59. The number of imide groups is 1. The van der Waals surface area contributed by atoms with Gasteiger partial charge in [-0.15, -0.1) is 0 Å². The summed E-state index contributed by atoms with van der Waals surface area (Å²) >= 11 is 3.91. The zero-order valence-electron chi connectivity index (χ0n) is 19.2. The van der Waals surface area contributed by atoms with Gasteiger partial charge in [-0.3, -0.25) is 24.4 Å². The largest absolute Gasteiger partial charge is 0.493 e. The van der Waals surface area contributed by atoms with E-state index < -0.39 is 6.10 Å². The van der Waals surface area contributed by atoms with E-state index in [0.717, 1.165) is 35.9 Å². The topological polar surface area (TPSA) is 79.3 Å². The molecular weight excluding hydrogens is 500 g/mol. The Morgan fingerprint density at radius 2 is 1.94 bits per heavy atom. The molecule has 0 aromatic heterocycles. The number of benzene rings is 1. The molecule has 2 amide bonds. The number of hydrogen-bond donors (Lipinski definition) is 1. The summed E-state index contributed by atoms with van der Waals surface area (Å²) in [5.41, 5.74) is 2.05. The second-order valence-electron chi connectivity index (χ2n) is 10.2. The van der Waals surface area contributed by atoms with E-state index >= 15 is 0 Å². The molecule has 1 fully saturated rings. The Kier molecular flexibility index (Phi) is 5.39. The highest BCUT2D eigenvalue weighted by Crippen LogP contribution is 2.63. The lowest BCUT2D eigenvalue weighted by molar-refractivity contribution is -0.0968. The number of halogens is 1. The maximum absolute atomic E-state index is 12.8. The lowest BCUT2D eigenvalue weighted by atomic mass is 9.60. The average Bonchev–Trinajstić information content (AvgIpc) is 3.24. The van der Waals surface area contributed by atoms with Gasteiger partial charge in [0.05, 0.1) is 42.1 Å². The number of ether oxygens (including phenoxy) is 1. The van der Waals surface area contributed by atoms with Crippen LogP contribution in [0, 0.1) is 17.3 Å². The van der Waals surface area contributed by atoms with Crippen molar-refractivity contribution in [3.05, 3.63) is 57.4 Å². The highest BCUT2D eigenvalue weighted by molar-refractivity contribution is 9.11. The van der Waals surface area contributed by atoms with Crippen LogP contribution in [0.15, 0.2) is 46.3 Å². The van der Waals surface area contributed by atoms with Crippen LogP contribution in [0.1, 0.15) is 59.2 Å². The lowest BCUT2D eigenvalue weighted by Crippen LogP contribution is -2.43. The predicted molar refractivity (Wildman–Crippen MR) is 128 cm³/mol. The summed E-state index contributed by atoms with van der Waals surface area (Å²) in [6.45, 7) is 1.11. The molecule has 8 heteroatoms. The Bertz CT molecular complexity index is 1080. The summed E-state index contributed by atoms with van der Waals surface area (Å²) in [4.78, 5) is 32.7. The summed E-state index contributed by atoms with van der Waals surface area (Å²) in [6.07, 6.45) is 6.47. The van der Waals surface area contributed by atoms with Gasteiger partial charge in [0, 0.05) is 29.6 Å². The molecule has 1 aromatic rings. The van der Waals surface area contributed by atoms with E-state index in [1.807, 2.05) is 11.3 Å². The van der Waals surface area contributed by atoms with E-state index in [2.05, 4.69) is 15.9 Å². The first-order valence-corrected chi connectivity index (χ1v) is 12.9. The summed E-state index contributed by atoms with van der Waals surface area (Å²) in [6, 6.07) is 7.07. The molecule has 1 saturated carbocycles. The molecule has 4 unspecified atom stereocenters. The number of rotatable bonds is 4. The van der Waals surface area contributed by atoms with E-state index in [1.165, 1.54) is 10.5 Å². The molecule has 1 aromatic carbocycles. The SMILES string of the molecule is CON1C=C(Br)C23CC(CCN4C(=O)c5ccccc5C4=O)CCC2OC2=C3C(C[C@@H](O)C2)C1. The van der Waals surface area contributed by atoms with E-state index in [0.29, 0.717) is 43.0 Å². The molecule has 5 atom stereocenters. The molecule has 2 aliphatic carbocycles. The Hall–Kier alpha value is -2.16. The number of amides is 2. The van der Waals surface area contributed by atoms with Gasteiger partial charge in [-0.1, -0.05) is 28.1 Å². The monoisotopic (exact) mass is 528 g/mol. The van der Waals surface area contributed by atoms with Crippen molar-refractivity contribution in [1.82, 2.24) is 9.96 Å². The molecule has 5 aliphatic rings. The molecule has 0 bridgehead atoms. The van der Waals surface area contributed by atoms with Crippen molar-refractivity contribution in [3.63, 3.8) is 0 Å². The second kappa shape index (κ2) is 8.21. The third kappa shape index (κ3) is 3.22. The summed E-state index contributed by atoms with van der Waals surface area (Å²) in [7, 11) is 1.67. The number of hydrogen-bond acceptors (Lipinski definition) is 6. The maximum Gasteiger partial charge on any atom is 0.261 e. The first kappa shape index (κ1) is 22.3. The van der Waals surface area contributed by atoms with Crippen LogP contribution in [0.25, 0.3) is 0 Å². The van der Waals surface area contributed by atoms with E-state index in [-0.39, 0.29) is 29.3 Å². The van der Waals surface area contributed by atoms with E-state index in [1.54, 1.807) is 31.4 Å². The number of aliphatic hydroxyl groups excluding tert-OH is 1. The number of nitrogens with zero attached hydrogens (tertiary/aromatic N) is 2. The zero-order valence-corrected chi connectivity index (χ0v) is 20.8. The van der Waals surface area contributed by atoms with Gasteiger partial charge >= 0.3 is 0 Å². The normalized spacial score (nSPS) is 34.4. The summed E-state index contributed by atoms with van der Waals surface area (Å²) < 4.78 is 7.57. The van der Waals surface area contributed by atoms with Crippen LogP contribution in [0.2, 0.25) is 0 Å². The van der Waals surface area contributed by atoms with Gasteiger partial charge in [-0.25, -0.2) is 0 Å². The van der Waals surface area contributed by atoms with Crippen LogP contribution in [0.3, 0.4) is 0 Å². The molecule has 3 aliphatic heterocycles. The first-order valence-electron chi connectivity index (χ1n) is 12.1. The van der Waals surface area contributed by atoms with Crippen LogP contribution in [0.5, 0.6) is 0 Å². The molecule has 0 saturated heterocycles. The van der Waals surface area contributed by atoms with Crippen molar-refractivity contribution < 1.29 is 24.3 Å². The fourth-order valence-electron chi connectivity index (χ4n) is 6.93. The minimum Gasteiger partial charge on any atom is -0.493 e. The Morgan fingerprint density at radius 3 is 2.65 bits per heavy atom. The van der Waals surface area contributed by atoms with Gasteiger partial charge in [0.2, 0.25) is 0 Å². The number of aliphatic hydroxyl groups is 1. The summed E-state index contributed by atoms with van der Waals surface area (Å²) in [5, 5.41) is 12.4. The minimum atomic E-state index is -0.402. The highest BCUT2D eigenvalue weighted by atomic mass is 79.9. The standard InChI is InChI=1S/C26H29BrN2O5/c1-33-28-13-16-10-17(30)11-20-23(16)26(21(27)14-28)12-15(6-7-22(26)34-20)8-9-29-24(31)18-4-2-3-5-19(18)25(29)32/h2-5,14-17,22,30H,6-13H2,1H3/t15?,16?,17-,22?,26?/m1/s1. The maximum atomic E-state index is 12.8. The molecule has 6 rings (SSSR count). The van der Waals surface area contributed by atoms with Gasteiger partial charge in [0.15, 0.2) is 0 Å². The molecule has 180 valence electrons. The molecule has 1 N–H and O–H groups in total. The third-order valence-electron chi connectivity index (χ3n) is 8.41. The number of fused-ring (bicyclic) bond motifs is 1. The van der Waals surface area contributed by atoms with Gasteiger partial charge in [0.25, 0.3) is 11.8 Å². The van der Waals surface area contributed by atoms with Gasteiger partial charge in [-0.2, -0.15) is 0 Å². The third-order valence-corrected chi connectivity index (χ3v) is 9.32. The number of carbonyl (C=O) groups is 2.